The molecule has 1 aliphatic rings. The minimum absolute atomic E-state index is 0.289. The summed E-state index contributed by atoms with van der Waals surface area (Å²) in [6, 6.07) is 0. The highest BCUT2D eigenvalue weighted by atomic mass is 32.2. The van der Waals surface area contributed by atoms with E-state index >= 15 is 0 Å². The van der Waals surface area contributed by atoms with E-state index in [1.165, 1.54) is 12.8 Å². The maximum Gasteiger partial charge on any atom is 0.244 e. The van der Waals surface area contributed by atoms with E-state index in [4.69, 9.17) is 0 Å². The summed E-state index contributed by atoms with van der Waals surface area (Å²) in [5.74, 6) is 1.05. The molecule has 1 heterocycles. The van der Waals surface area contributed by atoms with Crippen LogP contribution in [0.2, 0.25) is 0 Å². The van der Waals surface area contributed by atoms with Crippen molar-refractivity contribution < 1.29 is 8.42 Å². The van der Waals surface area contributed by atoms with Gasteiger partial charge in [0.2, 0.25) is 10.0 Å². The number of hydrogen-bond donors (Lipinski definition) is 3. The largest absolute Gasteiger partial charge is 0.314 e. The Morgan fingerprint density at radius 1 is 1.40 bits per heavy atom. The highest BCUT2D eigenvalue weighted by molar-refractivity contribution is 7.89. The molecular weight excluding hydrogens is 276 g/mol. The first-order valence-corrected chi connectivity index (χ1v) is 8.62. The maximum absolute atomic E-state index is 12.5. The molecule has 0 spiro atoms. The van der Waals surface area contributed by atoms with Crippen molar-refractivity contribution in [2.75, 3.05) is 13.6 Å². The van der Waals surface area contributed by atoms with Gasteiger partial charge in [-0.05, 0) is 32.2 Å². The van der Waals surface area contributed by atoms with Crippen molar-refractivity contribution in [1.82, 2.24) is 20.2 Å². The fourth-order valence-electron chi connectivity index (χ4n) is 2.93. The van der Waals surface area contributed by atoms with Crippen LogP contribution in [0.1, 0.15) is 37.6 Å². The van der Waals surface area contributed by atoms with Crippen molar-refractivity contribution in [2.24, 2.45) is 11.8 Å². The Bertz CT molecular complexity index is 553. The molecule has 2 unspecified atom stereocenters. The predicted molar refractivity (Wildman–Crippen MR) is 77.8 cm³/mol. The molecule has 0 bridgehead atoms. The predicted octanol–water partition coefficient (Wildman–Crippen LogP) is 1.15. The van der Waals surface area contributed by atoms with Gasteiger partial charge >= 0.3 is 0 Å². The summed E-state index contributed by atoms with van der Waals surface area (Å²) in [7, 11) is -1.72. The standard InChI is InChI=1S/C13H24N4O2S/c1-9-5-4-6-11(9)7-15-20(18,19)13-10(2)16-17-12(13)8-14-3/h9,11,14-15H,4-8H2,1-3H3,(H,16,17). The third kappa shape index (κ3) is 3.21. The van der Waals surface area contributed by atoms with Crippen LogP contribution in [0.5, 0.6) is 0 Å². The van der Waals surface area contributed by atoms with Gasteiger partial charge in [0, 0.05) is 13.1 Å². The van der Waals surface area contributed by atoms with Gasteiger partial charge in [0.25, 0.3) is 0 Å². The average molecular weight is 300 g/mol. The Morgan fingerprint density at radius 2 is 2.15 bits per heavy atom. The van der Waals surface area contributed by atoms with Crippen LogP contribution in [-0.2, 0) is 16.6 Å². The third-order valence-electron chi connectivity index (χ3n) is 4.15. The molecule has 1 aromatic heterocycles. The van der Waals surface area contributed by atoms with E-state index in [1.807, 2.05) is 0 Å². The van der Waals surface area contributed by atoms with Crippen molar-refractivity contribution in [3.05, 3.63) is 11.4 Å². The summed E-state index contributed by atoms with van der Waals surface area (Å²) in [5.41, 5.74) is 1.12. The van der Waals surface area contributed by atoms with Crippen LogP contribution in [0.4, 0.5) is 0 Å². The van der Waals surface area contributed by atoms with Crippen molar-refractivity contribution >= 4 is 10.0 Å². The first-order chi connectivity index (χ1) is 9.45. The zero-order valence-electron chi connectivity index (χ0n) is 12.4. The Labute approximate surface area is 120 Å². The lowest BCUT2D eigenvalue weighted by Crippen LogP contribution is -2.31. The molecule has 114 valence electrons. The summed E-state index contributed by atoms with van der Waals surface area (Å²) < 4.78 is 27.7. The van der Waals surface area contributed by atoms with Crippen molar-refractivity contribution in [2.45, 2.75) is 44.6 Å². The summed E-state index contributed by atoms with van der Waals surface area (Å²) >= 11 is 0. The van der Waals surface area contributed by atoms with Gasteiger partial charge in [0.15, 0.2) is 0 Å². The molecule has 3 N–H and O–H groups in total. The Hall–Kier alpha value is -0.920. The fraction of sp³-hybridized carbons (Fsp3) is 0.769. The SMILES string of the molecule is CNCc1n[nH]c(C)c1S(=O)(=O)NCC1CCCC1C. The molecule has 0 aromatic carbocycles. The van der Waals surface area contributed by atoms with Crippen LogP contribution in [0.15, 0.2) is 4.90 Å². The van der Waals surface area contributed by atoms with Gasteiger partial charge in [-0.2, -0.15) is 5.10 Å². The fourth-order valence-corrected chi connectivity index (χ4v) is 4.38. The summed E-state index contributed by atoms with van der Waals surface area (Å²) in [6.45, 7) is 4.88. The average Bonchev–Trinajstić information content (AvgIpc) is 2.94. The Morgan fingerprint density at radius 3 is 2.75 bits per heavy atom. The molecule has 0 amide bonds. The molecule has 0 radical (unpaired) electrons. The number of rotatable bonds is 6. The highest BCUT2D eigenvalue weighted by Crippen LogP contribution is 2.31. The van der Waals surface area contributed by atoms with Gasteiger partial charge in [-0.3, -0.25) is 5.10 Å². The van der Waals surface area contributed by atoms with Gasteiger partial charge < -0.3 is 5.32 Å². The molecule has 2 rings (SSSR count). The molecule has 0 aliphatic heterocycles. The Kier molecular flexibility index (Phi) is 4.82. The number of aromatic nitrogens is 2. The molecule has 2 atom stereocenters. The van der Waals surface area contributed by atoms with Crippen LogP contribution in [0.3, 0.4) is 0 Å². The topological polar surface area (TPSA) is 86.9 Å². The van der Waals surface area contributed by atoms with Gasteiger partial charge in [0.1, 0.15) is 4.90 Å². The number of aryl methyl sites for hydroxylation is 1. The van der Waals surface area contributed by atoms with E-state index in [2.05, 4.69) is 27.2 Å². The second kappa shape index (κ2) is 6.24. The van der Waals surface area contributed by atoms with E-state index < -0.39 is 10.0 Å². The van der Waals surface area contributed by atoms with Crippen LogP contribution >= 0.6 is 0 Å². The zero-order chi connectivity index (χ0) is 14.8. The third-order valence-corrected chi connectivity index (χ3v) is 5.77. The number of hydrogen-bond acceptors (Lipinski definition) is 4. The monoisotopic (exact) mass is 300 g/mol. The van der Waals surface area contributed by atoms with Crippen LogP contribution in [0.25, 0.3) is 0 Å². The van der Waals surface area contributed by atoms with Crippen LogP contribution in [0, 0.1) is 18.8 Å². The van der Waals surface area contributed by atoms with E-state index in [9.17, 15) is 8.42 Å². The van der Waals surface area contributed by atoms with Crippen molar-refractivity contribution in [1.29, 1.82) is 0 Å². The normalized spacial score (nSPS) is 23.4. The molecule has 1 saturated carbocycles. The first kappa shape index (κ1) is 15.5. The number of nitrogens with one attached hydrogen (secondary N) is 3. The summed E-state index contributed by atoms with van der Waals surface area (Å²) in [6.07, 6.45) is 3.50. The van der Waals surface area contributed by atoms with Gasteiger partial charge in [-0.25, -0.2) is 13.1 Å². The van der Waals surface area contributed by atoms with E-state index in [-0.39, 0.29) is 4.90 Å². The Balaban J connectivity index is 2.12. The van der Waals surface area contributed by atoms with E-state index in [0.717, 1.165) is 6.42 Å². The number of sulfonamides is 1. The van der Waals surface area contributed by atoms with Gasteiger partial charge in [-0.15, -0.1) is 0 Å². The minimum Gasteiger partial charge on any atom is -0.314 e. The smallest absolute Gasteiger partial charge is 0.244 e. The summed E-state index contributed by atoms with van der Waals surface area (Å²) in [4.78, 5) is 0.289. The van der Waals surface area contributed by atoms with Crippen molar-refractivity contribution in [3.63, 3.8) is 0 Å². The molecule has 1 aromatic rings. The minimum atomic E-state index is -3.50. The molecular formula is C13H24N4O2S. The zero-order valence-corrected chi connectivity index (χ0v) is 13.2. The molecule has 0 saturated heterocycles. The lowest BCUT2D eigenvalue weighted by Gasteiger charge is -2.16. The number of H-pyrrole nitrogens is 1. The van der Waals surface area contributed by atoms with Crippen LogP contribution < -0.4 is 10.0 Å². The lowest BCUT2D eigenvalue weighted by atomic mass is 9.99. The van der Waals surface area contributed by atoms with Crippen molar-refractivity contribution in [3.8, 4) is 0 Å². The number of nitrogens with zero attached hydrogens (tertiary/aromatic N) is 1. The second-order valence-corrected chi connectivity index (χ2v) is 7.38. The summed E-state index contributed by atoms with van der Waals surface area (Å²) in [5, 5.41) is 9.75. The molecule has 20 heavy (non-hydrogen) atoms. The molecule has 1 fully saturated rings. The van der Waals surface area contributed by atoms with Gasteiger partial charge in [-0.1, -0.05) is 19.8 Å². The number of aromatic amines is 1. The quantitative estimate of drug-likeness (QED) is 0.735. The molecule has 6 nitrogen and oxygen atoms in total. The highest BCUT2D eigenvalue weighted by Gasteiger charge is 2.28. The first-order valence-electron chi connectivity index (χ1n) is 7.13. The van der Waals surface area contributed by atoms with E-state index in [0.29, 0.717) is 36.3 Å². The maximum atomic E-state index is 12.5. The second-order valence-electron chi connectivity index (χ2n) is 5.67. The molecule has 1 aliphatic carbocycles. The van der Waals surface area contributed by atoms with Crippen LogP contribution in [-0.4, -0.2) is 32.2 Å². The lowest BCUT2D eigenvalue weighted by molar-refractivity contribution is 0.414. The molecule has 7 heteroatoms. The van der Waals surface area contributed by atoms with Gasteiger partial charge in [0.05, 0.1) is 11.4 Å². The van der Waals surface area contributed by atoms with E-state index in [1.54, 1.807) is 14.0 Å².